The van der Waals surface area contributed by atoms with Gasteiger partial charge >= 0.3 is 11.9 Å². The number of esters is 2. The third kappa shape index (κ3) is 2.73. The zero-order valence-corrected chi connectivity index (χ0v) is 15.7. The highest BCUT2D eigenvalue weighted by Crippen LogP contribution is 2.59. The summed E-state index contributed by atoms with van der Waals surface area (Å²) < 4.78 is 11.1. The predicted octanol–water partition coefficient (Wildman–Crippen LogP) is 3.27. The van der Waals surface area contributed by atoms with Crippen LogP contribution in [0.1, 0.15) is 60.3 Å². The average Bonchev–Trinajstić information content (AvgIpc) is 2.78. The van der Waals surface area contributed by atoms with Gasteiger partial charge in [-0.1, -0.05) is 19.9 Å². The van der Waals surface area contributed by atoms with E-state index in [-0.39, 0.29) is 23.4 Å². The molecule has 5 heteroatoms. The van der Waals surface area contributed by atoms with E-state index < -0.39 is 11.8 Å². The Morgan fingerprint density at radius 1 is 1.40 bits per heavy atom. The van der Waals surface area contributed by atoms with Gasteiger partial charge in [0.15, 0.2) is 0 Å². The Balaban J connectivity index is 1.93. The van der Waals surface area contributed by atoms with Crippen molar-refractivity contribution < 1.29 is 24.2 Å². The van der Waals surface area contributed by atoms with E-state index in [1.54, 1.807) is 19.9 Å². The number of carbonyl (C=O) groups is 2. The molecule has 2 aliphatic carbocycles. The van der Waals surface area contributed by atoms with Gasteiger partial charge in [-0.05, 0) is 51.4 Å². The molecule has 25 heavy (non-hydrogen) atoms. The Bertz CT molecular complexity index is 676. The molecule has 0 radical (unpaired) electrons. The van der Waals surface area contributed by atoms with Gasteiger partial charge in [0.1, 0.15) is 6.10 Å². The lowest BCUT2D eigenvalue weighted by atomic mass is 9.53. The molecule has 0 aromatic carbocycles. The first-order valence-corrected chi connectivity index (χ1v) is 9.12. The highest BCUT2D eigenvalue weighted by atomic mass is 16.7. The molecule has 2 saturated carbocycles. The van der Waals surface area contributed by atoms with Crippen molar-refractivity contribution in [2.24, 2.45) is 17.3 Å². The summed E-state index contributed by atoms with van der Waals surface area (Å²) in [6.07, 6.45) is 4.09. The molecule has 3 rings (SSSR count). The van der Waals surface area contributed by atoms with E-state index in [1.165, 1.54) is 0 Å². The smallest absolute Gasteiger partial charge is 0.336 e. The van der Waals surface area contributed by atoms with Gasteiger partial charge in [0.05, 0.1) is 0 Å². The summed E-state index contributed by atoms with van der Waals surface area (Å²) in [6.45, 7) is 9.67. The third-order valence-electron chi connectivity index (χ3n) is 6.87. The number of hydrogen-bond acceptors (Lipinski definition) is 5. The van der Waals surface area contributed by atoms with Crippen LogP contribution in [0.5, 0.6) is 0 Å². The van der Waals surface area contributed by atoms with Crippen LogP contribution in [-0.2, 0) is 19.1 Å². The van der Waals surface area contributed by atoms with Crippen LogP contribution in [0, 0.1) is 17.3 Å². The summed E-state index contributed by atoms with van der Waals surface area (Å²) in [4.78, 5) is 24.3. The maximum absolute atomic E-state index is 12.3. The van der Waals surface area contributed by atoms with E-state index in [4.69, 9.17) is 9.47 Å². The van der Waals surface area contributed by atoms with Crippen molar-refractivity contribution in [2.75, 3.05) is 0 Å². The Morgan fingerprint density at radius 3 is 2.72 bits per heavy atom. The van der Waals surface area contributed by atoms with E-state index in [0.717, 1.165) is 12.8 Å². The lowest BCUT2D eigenvalue weighted by Gasteiger charge is -2.55. The van der Waals surface area contributed by atoms with Crippen molar-refractivity contribution >= 4 is 11.9 Å². The monoisotopic (exact) mass is 348 g/mol. The summed E-state index contributed by atoms with van der Waals surface area (Å²) in [6, 6.07) is 0. The van der Waals surface area contributed by atoms with Crippen LogP contribution in [0.3, 0.4) is 0 Å². The number of aliphatic hydroxyl groups is 1. The molecular weight excluding hydrogens is 320 g/mol. The van der Waals surface area contributed by atoms with Crippen LogP contribution in [0.2, 0.25) is 0 Å². The zero-order valence-electron chi connectivity index (χ0n) is 15.7. The summed E-state index contributed by atoms with van der Waals surface area (Å²) in [5.74, 6) is -1.92. The molecule has 5 nitrogen and oxygen atoms in total. The lowest BCUT2D eigenvalue weighted by molar-refractivity contribution is -0.218. The summed E-state index contributed by atoms with van der Waals surface area (Å²) in [5, 5.41) is 10.9. The fourth-order valence-corrected chi connectivity index (χ4v) is 4.72. The number of rotatable bonds is 2. The van der Waals surface area contributed by atoms with Crippen molar-refractivity contribution in [3.63, 3.8) is 0 Å². The maximum Gasteiger partial charge on any atom is 0.336 e. The number of fused-ring (bicyclic) bond motifs is 2. The van der Waals surface area contributed by atoms with Crippen LogP contribution in [0.15, 0.2) is 22.8 Å². The first-order valence-electron chi connectivity index (χ1n) is 9.12. The first kappa shape index (κ1) is 18.2. The summed E-state index contributed by atoms with van der Waals surface area (Å²) >= 11 is 0. The minimum absolute atomic E-state index is 0.0442. The van der Waals surface area contributed by atoms with Crippen molar-refractivity contribution in [1.82, 2.24) is 0 Å². The molecule has 1 heterocycles. The number of ether oxygens (including phenoxy) is 2. The Morgan fingerprint density at radius 2 is 2.08 bits per heavy atom. The zero-order chi connectivity index (χ0) is 18.6. The molecule has 138 valence electrons. The van der Waals surface area contributed by atoms with E-state index in [2.05, 4.69) is 13.8 Å². The second kappa shape index (κ2) is 5.97. The van der Waals surface area contributed by atoms with Gasteiger partial charge < -0.3 is 14.6 Å². The first-order chi connectivity index (χ1) is 11.6. The quantitative estimate of drug-likeness (QED) is 0.612. The van der Waals surface area contributed by atoms with Crippen molar-refractivity contribution in [2.45, 2.75) is 72.2 Å². The van der Waals surface area contributed by atoms with Gasteiger partial charge in [0, 0.05) is 29.1 Å². The van der Waals surface area contributed by atoms with E-state index in [1.807, 2.05) is 6.92 Å². The van der Waals surface area contributed by atoms with Gasteiger partial charge in [-0.25, -0.2) is 9.59 Å². The SMILES string of the molecule is C/C=C(\C)C(=O)O[C@H]1CC[C@H](C)[C@@]2(C)CC3=C(C)C(=O)O[C@@]3(O)C[C@@H]12. The molecule has 5 atom stereocenters. The molecule has 1 N–H and O–H groups in total. The van der Waals surface area contributed by atoms with E-state index in [0.29, 0.717) is 35.5 Å². The molecule has 0 spiro atoms. The molecular formula is C20H28O5. The average molecular weight is 348 g/mol. The summed E-state index contributed by atoms with van der Waals surface area (Å²) in [5.41, 5.74) is 1.68. The standard InChI is InChI=1S/C20H28O5/c1-6-11(2)17(21)24-16-8-7-12(3)19(5)9-14-13(4)18(22)25-20(14,23)10-15(16)19/h6,12,15-16,23H,7-10H2,1-5H3/b11-6+/t12-,15-,16-,19+,20-/m0/s1. The normalized spacial score (nSPS) is 41.1. The fraction of sp³-hybridized carbons (Fsp3) is 0.700. The van der Waals surface area contributed by atoms with Crippen LogP contribution < -0.4 is 0 Å². The molecule has 0 amide bonds. The van der Waals surface area contributed by atoms with Crippen molar-refractivity contribution in [1.29, 1.82) is 0 Å². The minimum Gasteiger partial charge on any atom is -0.459 e. The second-order valence-electron chi connectivity index (χ2n) is 8.16. The molecule has 0 aromatic heterocycles. The highest BCUT2D eigenvalue weighted by Gasteiger charge is 2.60. The van der Waals surface area contributed by atoms with Gasteiger partial charge in [-0.2, -0.15) is 0 Å². The van der Waals surface area contributed by atoms with Gasteiger partial charge in [-0.15, -0.1) is 0 Å². The predicted molar refractivity (Wildman–Crippen MR) is 92.3 cm³/mol. The van der Waals surface area contributed by atoms with Crippen LogP contribution in [-0.4, -0.2) is 28.9 Å². The van der Waals surface area contributed by atoms with Crippen LogP contribution in [0.25, 0.3) is 0 Å². The molecule has 2 fully saturated rings. The van der Waals surface area contributed by atoms with Crippen LogP contribution >= 0.6 is 0 Å². The molecule has 0 bridgehead atoms. The molecule has 0 aromatic rings. The fourth-order valence-electron chi connectivity index (χ4n) is 4.72. The highest BCUT2D eigenvalue weighted by molar-refractivity contribution is 5.92. The number of carbonyl (C=O) groups excluding carboxylic acids is 2. The van der Waals surface area contributed by atoms with Gasteiger partial charge in [0.25, 0.3) is 0 Å². The third-order valence-corrected chi connectivity index (χ3v) is 6.87. The Kier molecular flexibility index (Phi) is 4.34. The van der Waals surface area contributed by atoms with Gasteiger partial charge in [0.2, 0.25) is 5.79 Å². The summed E-state index contributed by atoms with van der Waals surface area (Å²) in [7, 11) is 0. The van der Waals surface area contributed by atoms with Crippen molar-refractivity contribution in [3.8, 4) is 0 Å². The maximum atomic E-state index is 12.3. The minimum atomic E-state index is -1.54. The topological polar surface area (TPSA) is 72.8 Å². The van der Waals surface area contributed by atoms with Gasteiger partial charge in [-0.3, -0.25) is 0 Å². The lowest BCUT2D eigenvalue weighted by Crippen LogP contribution is -2.55. The molecule has 0 unspecified atom stereocenters. The number of allylic oxidation sites excluding steroid dienone is 1. The largest absolute Gasteiger partial charge is 0.459 e. The van der Waals surface area contributed by atoms with Crippen LogP contribution in [0.4, 0.5) is 0 Å². The molecule has 3 aliphatic rings. The second-order valence-corrected chi connectivity index (χ2v) is 8.16. The molecule has 0 saturated heterocycles. The van der Waals surface area contributed by atoms with E-state index in [9.17, 15) is 14.7 Å². The van der Waals surface area contributed by atoms with Crippen molar-refractivity contribution in [3.05, 3.63) is 22.8 Å². The molecule has 1 aliphatic heterocycles. The Hall–Kier alpha value is -1.62. The number of hydrogen-bond donors (Lipinski definition) is 1. The van der Waals surface area contributed by atoms with E-state index >= 15 is 0 Å². The Labute approximate surface area is 149 Å².